The zero-order valence-electron chi connectivity index (χ0n) is 12.4. The molecule has 0 saturated carbocycles. The third-order valence-corrected chi connectivity index (χ3v) is 3.63. The molecule has 2 aromatic rings. The zero-order valence-corrected chi connectivity index (χ0v) is 14.0. The van der Waals surface area contributed by atoms with Gasteiger partial charge in [-0.2, -0.15) is 0 Å². The first-order valence-corrected chi connectivity index (χ1v) is 7.70. The third-order valence-electron chi connectivity index (χ3n) is 3.13. The lowest BCUT2D eigenvalue weighted by Crippen LogP contribution is -2.05. The zero-order chi connectivity index (χ0) is 15.4. The van der Waals surface area contributed by atoms with Gasteiger partial charge >= 0.3 is 0 Å². The monoisotopic (exact) mass is 351 g/mol. The molecular formula is C17H19BrFNO. The lowest BCUT2D eigenvalue weighted by Gasteiger charge is -2.15. The Hall–Kier alpha value is -1.39. The number of rotatable bonds is 5. The molecule has 0 amide bonds. The minimum atomic E-state index is -0.291. The predicted octanol–water partition coefficient (Wildman–Crippen LogP) is 5.22. The van der Waals surface area contributed by atoms with E-state index in [1.54, 1.807) is 0 Å². The number of hydrogen-bond acceptors (Lipinski definition) is 2. The van der Waals surface area contributed by atoms with Gasteiger partial charge in [-0.05, 0) is 54.4 Å². The molecule has 2 nitrogen and oxygen atoms in total. The van der Waals surface area contributed by atoms with Gasteiger partial charge in [-0.1, -0.05) is 29.8 Å². The minimum absolute atomic E-state index is 0.291. The molecule has 21 heavy (non-hydrogen) atoms. The predicted molar refractivity (Wildman–Crippen MR) is 87.5 cm³/mol. The van der Waals surface area contributed by atoms with Crippen LogP contribution < -0.4 is 10.1 Å². The molecule has 0 aliphatic rings. The van der Waals surface area contributed by atoms with E-state index >= 15 is 0 Å². The SMILES string of the molecule is CNCc1cc(F)cc(Oc2ccc(Br)cc2C(C)C)c1. The summed E-state index contributed by atoms with van der Waals surface area (Å²) in [6, 6.07) is 10.6. The van der Waals surface area contributed by atoms with E-state index in [0.29, 0.717) is 18.2 Å². The van der Waals surface area contributed by atoms with E-state index in [1.165, 1.54) is 12.1 Å². The van der Waals surface area contributed by atoms with Crippen molar-refractivity contribution in [3.05, 3.63) is 57.8 Å². The number of nitrogens with one attached hydrogen (secondary N) is 1. The second-order valence-electron chi connectivity index (χ2n) is 5.26. The van der Waals surface area contributed by atoms with Crippen LogP contribution in [0.15, 0.2) is 40.9 Å². The van der Waals surface area contributed by atoms with Gasteiger partial charge in [0.1, 0.15) is 17.3 Å². The standard InChI is InChI=1S/C17H19BrFNO/c1-11(2)16-8-13(18)4-5-17(16)21-15-7-12(10-20-3)6-14(19)9-15/h4-9,11,20H,10H2,1-3H3. The van der Waals surface area contributed by atoms with Gasteiger partial charge in [-0.15, -0.1) is 0 Å². The number of ether oxygens (including phenoxy) is 1. The van der Waals surface area contributed by atoms with Gasteiger partial charge < -0.3 is 10.1 Å². The molecular weight excluding hydrogens is 333 g/mol. The van der Waals surface area contributed by atoms with E-state index in [2.05, 4.69) is 35.1 Å². The third kappa shape index (κ3) is 4.29. The molecule has 2 aromatic carbocycles. The van der Waals surface area contributed by atoms with Gasteiger partial charge in [0.25, 0.3) is 0 Å². The molecule has 0 radical (unpaired) electrons. The average Bonchev–Trinajstić information content (AvgIpc) is 2.40. The summed E-state index contributed by atoms with van der Waals surface area (Å²) in [5, 5.41) is 3.01. The lowest BCUT2D eigenvalue weighted by molar-refractivity contribution is 0.466. The Morgan fingerprint density at radius 2 is 1.95 bits per heavy atom. The van der Waals surface area contributed by atoms with Crippen LogP contribution in [0, 0.1) is 5.82 Å². The molecule has 1 N–H and O–H groups in total. The molecule has 0 spiro atoms. The highest BCUT2D eigenvalue weighted by atomic mass is 79.9. The fourth-order valence-corrected chi connectivity index (χ4v) is 2.56. The van der Waals surface area contributed by atoms with Crippen LogP contribution in [-0.4, -0.2) is 7.05 Å². The molecule has 0 atom stereocenters. The second kappa shape index (κ2) is 7.05. The molecule has 0 heterocycles. The Kier molecular flexibility index (Phi) is 5.37. The fraction of sp³-hybridized carbons (Fsp3) is 0.294. The highest BCUT2D eigenvalue weighted by molar-refractivity contribution is 9.10. The fourth-order valence-electron chi connectivity index (χ4n) is 2.18. The molecule has 0 aliphatic heterocycles. The Morgan fingerprint density at radius 3 is 2.62 bits per heavy atom. The van der Waals surface area contributed by atoms with E-state index in [1.807, 2.05) is 31.3 Å². The van der Waals surface area contributed by atoms with Crippen LogP contribution in [0.1, 0.15) is 30.9 Å². The first-order valence-electron chi connectivity index (χ1n) is 6.91. The smallest absolute Gasteiger partial charge is 0.130 e. The maximum atomic E-state index is 13.7. The Bertz CT molecular complexity index is 628. The number of benzene rings is 2. The van der Waals surface area contributed by atoms with E-state index in [0.717, 1.165) is 21.3 Å². The van der Waals surface area contributed by atoms with Crippen molar-refractivity contribution < 1.29 is 9.13 Å². The van der Waals surface area contributed by atoms with Crippen molar-refractivity contribution >= 4 is 15.9 Å². The normalized spacial score (nSPS) is 11.0. The summed E-state index contributed by atoms with van der Waals surface area (Å²) in [4.78, 5) is 0. The summed E-state index contributed by atoms with van der Waals surface area (Å²) in [7, 11) is 1.83. The van der Waals surface area contributed by atoms with Gasteiger partial charge in [0.15, 0.2) is 0 Å². The van der Waals surface area contributed by atoms with E-state index < -0.39 is 0 Å². The molecule has 0 aromatic heterocycles. The van der Waals surface area contributed by atoms with Gasteiger partial charge in [-0.3, -0.25) is 0 Å². The summed E-state index contributed by atoms with van der Waals surface area (Å²) in [5.74, 6) is 1.31. The van der Waals surface area contributed by atoms with Gasteiger partial charge in [0, 0.05) is 17.1 Å². The Balaban J connectivity index is 2.33. The van der Waals surface area contributed by atoms with Crippen LogP contribution in [0.3, 0.4) is 0 Å². The highest BCUT2D eigenvalue weighted by Gasteiger charge is 2.10. The maximum Gasteiger partial charge on any atom is 0.130 e. The molecule has 0 saturated heterocycles. The summed E-state index contributed by atoms with van der Waals surface area (Å²) in [6.07, 6.45) is 0. The highest BCUT2D eigenvalue weighted by Crippen LogP contribution is 2.33. The van der Waals surface area contributed by atoms with Crippen LogP contribution in [0.2, 0.25) is 0 Å². The van der Waals surface area contributed by atoms with Crippen molar-refractivity contribution in [1.29, 1.82) is 0 Å². The summed E-state index contributed by atoms with van der Waals surface area (Å²) < 4.78 is 20.6. The Morgan fingerprint density at radius 1 is 1.19 bits per heavy atom. The van der Waals surface area contributed by atoms with Crippen molar-refractivity contribution in [3.8, 4) is 11.5 Å². The lowest BCUT2D eigenvalue weighted by atomic mass is 10.0. The van der Waals surface area contributed by atoms with Crippen molar-refractivity contribution in [2.75, 3.05) is 7.05 Å². The second-order valence-corrected chi connectivity index (χ2v) is 6.18. The quantitative estimate of drug-likeness (QED) is 0.796. The molecule has 2 rings (SSSR count). The van der Waals surface area contributed by atoms with Crippen LogP contribution in [0.4, 0.5) is 4.39 Å². The van der Waals surface area contributed by atoms with Gasteiger partial charge in [0.05, 0.1) is 0 Å². The molecule has 112 valence electrons. The minimum Gasteiger partial charge on any atom is -0.457 e. The first-order chi connectivity index (χ1) is 9.99. The van der Waals surface area contributed by atoms with Crippen molar-refractivity contribution in [3.63, 3.8) is 0 Å². The number of halogens is 2. The van der Waals surface area contributed by atoms with E-state index in [-0.39, 0.29) is 5.82 Å². The first kappa shape index (κ1) is 16.0. The van der Waals surface area contributed by atoms with Crippen LogP contribution >= 0.6 is 15.9 Å². The number of hydrogen-bond donors (Lipinski definition) is 1. The van der Waals surface area contributed by atoms with Crippen LogP contribution in [-0.2, 0) is 6.54 Å². The molecule has 0 fully saturated rings. The van der Waals surface area contributed by atoms with E-state index in [9.17, 15) is 4.39 Å². The van der Waals surface area contributed by atoms with Crippen LogP contribution in [0.5, 0.6) is 11.5 Å². The van der Waals surface area contributed by atoms with Crippen LogP contribution in [0.25, 0.3) is 0 Å². The molecule has 0 aliphatic carbocycles. The largest absolute Gasteiger partial charge is 0.457 e. The van der Waals surface area contributed by atoms with Gasteiger partial charge in [-0.25, -0.2) is 4.39 Å². The Labute approximate surface area is 133 Å². The summed E-state index contributed by atoms with van der Waals surface area (Å²) in [6.45, 7) is 4.81. The van der Waals surface area contributed by atoms with Crippen molar-refractivity contribution in [1.82, 2.24) is 5.32 Å². The molecule has 4 heteroatoms. The maximum absolute atomic E-state index is 13.7. The summed E-state index contributed by atoms with van der Waals surface area (Å²) >= 11 is 3.47. The topological polar surface area (TPSA) is 21.3 Å². The van der Waals surface area contributed by atoms with Gasteiger partial charge in [0.2, 0.25) is 0 Å². The molecule has 0 bridgehead atoms. The van der Waals surface area contributed by atoms with Crippen molar-refractivity contribution in [2.24, 2.45) is 0 Å². The average molecular weight is 352 g/mol. The summed E-state index contributed by atoms with van der Waals surface area (Å²) in [5.41, 5.74) is 1.94. The molecule has 0 unspecified atom stereocenters. The van der Waals surface area contributed by atoms with Crippen molar-refractivity contribution in [2.45, 2.75) is 26.3 Å². The van der Waals surface area contributed by atoms with E-state index in [4.69, 9.17) is 4.74 Å².